The second-order valence-corrected chi connectivity index (χ2v) is 4.77. The monoisotopic (exact) mass is 203 g/mol. The molecule has 1 saturated carbocycles. The summed E-state index contributed by atoms with van der Waals surface area (Å²) in [4.78, 5) is 0. The smallest absolute Gasteiger partial charge is 0.00810 e. The molecule has 0 bridgehead atoms. The highest BCUT2D eigenvalue weighted by Crippen LogP contribution is 2.48. The normalized spacial score (nSPS) is 17.7. The first-order valence-corrected chi connectivity index (χ1v) is 6.05. The first-order valence-electron chi connectivity index (χ1n) is 6.05. The SMILES string of the molecule is CCCNCC1(c2ccccc2C)CC1. The van der Waals surface area contributed by atoms with Crippen LogP contribution in [0.4, 0.5) is 0 Å². The number of nitrogens with one attached hydrogen (secondary N) is 1. The Labute approximate surface area is 92.9 Å². The van der Waals surface area contributed by atoms with E-state index in [-0.39, 0.29) is 0 Å². The van der Waals surface area contributed by atoms with Crippen molar-refractivity contribution in [3.63, 3.8) is 0 Å². The van der Waals surface area contributed by atoms with Crippen molar-refractivity contribution < 1.29 is 0 Å². The molecule has 0 spiro atoms. The van der Waals surface area contributed by atoms with Crippen molar-refractivity contribution in [2.75, 3.05) is 13.1 Å². The lowest BCUT2D eigenvalue weighted by Gasteiger charge is -2.18. The molecule has 0 aliphatic heterocycles. The van der Waals surface area contributed by atoms with Crippen LogP contribution in [0.15, 0.2) is 24.3 Å². The molecule has 2 rings (SSSR count). The molecule has 0 unspecified atom stereocenters. The lowest BCUT2D eigenvalue weighted by molar-refractivity contribution is 0.569. The molecule has 1 fully saturated rings. The topological polar surface area (TPSA) is 12.0 Å². The van der Waals surface area contributed by atoms with E-state index in [9.17, 15) is 0 Å². The summed E-state index contributed by atoms with van der Waals surface area (Å²) in [6, 6.07) is 8.84. The van der Waals surface area contributed by atoms with E-state index in [1.807, 2.05) is 0 Å². The molecule has 0 saturated heterocycles. The minimum atomic E-state index is 0.473. The first-order chi connectivity index (χ1) is 7.28. The van der Waals surface area contributed by atoms with E-state index in [0.29, 0.717) is 5.41 Å². The van der Waals surface area contributed by atoms with Crippen molar-refractivity contribution in [1.82, 2.24) is 5.32 Å². The van der Waals surface area contributed by atoms with Crippen LogP contribution in [0.3, 0.4) is 0 Å². The zero-order valence-electron chi connectivity index (χ0n) is 9.84. The molecule has 1 nitrogen and oxygen atoms in total. The summed E-state index contributed by atoms with van der Waals surface area (Å²) in [6.07, 6.45) is 3.94. The highest BCUT2D eigenvalue weighted by Gasteiger charge is 2.44. The Morgan fingerprint density at radius 3 is 2.60 bits per heavy atom. The Balaban J connectivity index is 2.06. The van der Waals surface area contributed by atoms with Crippen LogP contribution in [0.25, 0.3) is 0 Å². The number of hydrogen-bond donors (Lipinski definition) is 1. The second kappa shape index (κ2) is 4.36. The molecule has 1 aromatic rings. The third kappa shape index (κ3) is 2.23. The van der Waals surface area contributed by atoms with E-state index in [1.165, 1.54) is 24.8 Å². The third-order valence-corrected chi connectivity index (χ3v) is 3.46. The molecule has 15 heavy (non-hydrogen) atoms. The van der Waals surface area contributed by atoms with E-state index in [2.05, 4.69) is 43.4 Å². The zero-order chi connectivity index (χ0) is 10.7. The van der Waals surface area contributed by atoms with E-state index in [1.54, 1.807) is 5.56 Å². The van der Waals surface area contributed by atoms with E-state index in [4.69, 9.17) is 0 Å². The molecule has 0 amide bonds. The van der Waals surface area contributed by atoms with Crippen molar-refractivity contribution in [2.45, 2.75) is 38.5 Å². The van der Waals surface area contributed by atoms with Crippen LogP contribution < -0.4 is 5.32 Å². The highest BCUT2D eigenvalue weighted by atomic mass is 14.9. The van der Waals surface area contributed by atoms with Gasteiger partial charge in [0.25, 0.3) is 0 Å². The van der Waals surface area contributed by atoms with Crippen LogP contribution in [0.1, 0.15) is 37.3 Å². The minimum absolute atomic E-state index is 0.473. The van der Waals surface area contributed by atoms with Crippen LogP contribution in [0.5, 0.6) is 0 Å². The Hall–Kier alpha value is -0.820. The van der Waals surface area contributed by atoms with Gasteiger partial charge in [-0.3, -0.25) is 0 Å². The number of aryl methyl sites for hydroxylation is 1. The van der Waals surface area contributed by atoms with Crippen LogP contribution in [-0.4, -0.2) is 13.1 Å². The van der Waals surface area contributed by atoms with Crippen molar-refractivity contribution in [3.05, 3.63) is 35.4 Å². The number of benzene rings is 1. The maximum absolute atomic E-state index is 3.56. The fourth-order valence-electron chi connectivity index (χ4n) is 2.36. The zero-order valence-corrected chi connectivity index (χ0v) is 9.84. The van der Waals surface area contributed by atoms with Crippen LogP contribution in [0.2, 0.25) is 0 Å². The third-order valence-electron chi connectivity index (χ3n) is 3.46. The van der Waals surface area contributed by atoms with Gasteiger partial charge in [-0.25, -0.2) is 0 Å². The highest BCUT2D eigenvalue weighted by molar-refractivity contribution is 5.38. The van der Waals surface area contributed by atoms with Crippen molar-refractivity contribution in [2.24, 2.45) is 0 Å². The summed E-state index contributed by atoms with van der Waals surface area (Å²) in [5, 5.41) is 3.56. The van der Waals surface area contributed by atoms with E-state index >= 15 is 0 Å². The first kappa shape index (κ1) is 10.7. The van der Waals surface area contributed by atoms with Crippen molar-refractivity contribution in [3.8, 4) is 0 Å². The molecule has 0 radical (unpaired) electrons. The molecular weight excluding hydrogens is 182 g/mol. The molecule has 1 aliphatic carbocycles. The molecular formula is C14H21N. The average Bonchev–Trinajstić information content (AvgIpc) is 3.00. The summed E-state index contributed by atoms with van der Waals surface area (Å²) >= 11 is 0. The van der Waals surface area contributed by atoms with Gasteiger partial charge in [-0.05, 0) is 43.9 Å². The standard InChI is InChI=1S/C14H21N/c1-3-10-15-11-14(8-9-14)13-7-5-4-6-12(13)2/h4-7,15H,3,8-11H2,1-2H3. The summed E-state index contributed by atoms with van der Waals surface area (Å²) in [7, 11) is 0. The Kier molecular flexibility index (Phi) is 3.11. The van der Waals surface area contributed by atoms with Crippen LogP contribution in [-0.2, 0) is 5.41 Å². The van der Waals surface area contributed by atoms with Gasteiger partial charge in [-0.2, -0.15) is 0 Å². The lowest BCUT2D eigenvalue weighted by atomic mass is 9.92. The molecule has 0 aromatic heterocycles. The average molecular weight is 203 g/mol. The molecule has 1 aromatic carbocycles. The van der Waals surface area contributed by atoms with Gasteiger partial charge in [0.1, 0.15) is 0 Å². The van der Waals surface area contributed by atoms with E-state index < -0.39 is 0 Å². The van der Waals surface area contributed by atoms with Gasteiger partial charge in [-0.15, -0.1) is 0 Å². The maximum Gasteiger partial charge on any atom is 0.00810 e. The number of rotatable bonds is 5. The predicted molar refractivity (Wildman–Crippen MR) is 65.3 cm³/mol. The van der Waals surface area contributed by atoms with E-state index in [0.717, 1.165) is 13.1 Å². The van der Waals surface area contributed by atoms with Gasteiger partial charge in [0, 0.05) is 12.0 Å². The van der Waals surface area contributed by atoms with Crippen molar-refractivity contribution in [1.29, 1.82) is 0 Å². The fraction of sp³-hybridized carbons (Fsp3) is 0.571. The fourth-order valence-corrected chi connectivity index (χ4v) is 2.36. The van der Waals surface area contributed by atoms with Crippen molar-refractivity contribution >= 4 is 0 Å². The Bertz CT molecular complexity index is 326. The molecule has 0 heterocycles. The van der Waals surface area contributed by atoms with Gasteiger partial charge in [0.2, 0.25) is 0 Å². The predicted octanol–water partition coefficient (Wildman–Crippen LogP) is 3.03. The summed E-state index contributed by atoms with van der Waals surface area (Å²) in [6.45, 7) is 6.76. The molecule has 1 aliphatic rings. The summed E-state index contributed by atoms with van der Waals surface area (Å²) < 4.78 is 0. The quantitative estimate of drug-likeness (QED) is 0.725. The largest absolute Gasteiger partial charge is 0.316 e. The maximum atomic E-state index is 3.56. The summed E-state index contributed by atoms with van der Waals surface area (Å²) in [5.41, 5.74) is 3.49. The lowest BCUT2D eigenvalue weighted by Crippen LogP contribution is -2.28. The minimum Gasteiger partial charge on any atom is -0.316 e. The van der Waals surface area contributed by atoms with Gasteiger partial charge in [0.15, 0.2) is 0 Å². The number of hydrogen-bond acceptors (Lipinski definition) is 1. The molecule has 0 atom stereocenters. The van der Waals surface area contributed by atoms with Crippen LogP contribution >= 0.6 is 0 Å². The van der Waals surface area contributed by atoms with Gasteiger partial charge in [-0.1, -0.05) is 31.2 Å². The van der Waals surface area contributed by atoms with Gasteiger partial charge < -0.3 is 5.32 Å². The second-order valence-electron chi connectivity index (χ2n) is 4.77. The molecule has 1 heteroatoms. The van der Waals surface area contributed by atoms with Crippen LogP contribution in [0, 0.1) is 6.92 Å². The molecule has 82 valence electrons. The van der Waals surface area contributed by atoms with Gasteiger partial charge >= 0.3 is 0 Å². The van der Waals surface area contributed by atoms with Gasteiger partial charge in [0.05, 0.1) is 0 Å². The molecule has 1 N–H and O–H groups in total. The Morgan fingerprint density at radius 2 is 2.00 bits per heavy atom. The Morgan fingerprint density at radius 1 is 1.27 bits per heavy atom. The summed E-state index contributed by atoms with van der Waals surface area (Å²) in [5.74, 6) is 0.